The van der Waals surface area contributed by atoms with Crippen LogP contribution in [0.5, 0.6) is 5.75 Å². The van der Waals surface area contributed by atoms with E-state index in [4.69, 9.17) is 4.74 Å². The van der Waals surface area contributed by atoms with Crippen molar-refractivity contribution in [3.63, 3.8) is 0 Å². The predicted octanol–water partition coefficient (Wildman–Crippen LogP) is 3.40. The van der Waals surface area contributed by atoms with Crippen LogP contribution in [-0.4, -0.2) is 61.2 Å². The van der Waals surface area contributed by atoms with Crippen molar-refractivity contribution in [2.24, 2.45) is 0 Å². The molecule has 0 unspecified atom stereocenters. The lowest BCUT2D eigenvalue weighted by molar-refractivity contribution is -0.120. The Morgan fingerprint density at radius 3 is 2.59 bits per heavy atom. The zero-order valence-corrected chi connectivity index (χ0v) is 22.7. The number of benzene rings is 2. The zero-order valence-electron chi connectivity index (χ0n) is 22.7. The van der Waals surface area contributed by atoms with E-state index in [1.807, 2.05) is 37.3 Å². The zero-order chi connectivity index (χ0) is 27.6. The Balaban J connectivity index is 1.61. The van der Waals surface area contributed by atoms with Gasteiger partial charge in [0, 0.05) is 37.8 Å². The third kappa shape index (κ3) is 7.58. The lowest BCUT2D eigenvalue weighted by atomic mass is 9.94. The fourth-order valence-corrected chi connectivity index (χ4v) is 5.49. The second kappa shape index (κ2) is 14.1. The first kappa shape index (κ1) is 28.6. The smallest absolute Gasteiger partial charge is 0.298 e. The van der Waals surface area contributed by atoms with E-state index in [0.29, 0.717) is 49.9 Å². The summed E-state index contributed by atoms with van der Waals surface area (Å²) in [5, 5.41) is 20.9. The van der Waals surface area contributed by atoms with E-state index in [9.17, 15) is 19.5 Å². The normalized spacial score (nSPS) is 17.5. The maximum absolute atomic E-state index is 13.8. The molecule has 39 heavy (non-hydrogen) atoms. The maximum atomic E-state index is 13.8. The van der Waals surface area contributed by atoms with Gasteiger partial charge in [-0.05, 0) is 50.3 Å². The molecule has 4 N–H and O–H groups in total. The van der Waals surface area contributed by atoms with Gasteiger partial charge >= 0.3 is 0 Å². The third-order valence-electron chi connectivity index (χ3n) is 7.54. The molecule has 210 valence electrons. The van der Waals surface area contributed by atoms with Gasteiger partial charge in [-0.2, -0.15) is 0 Å². The fourth-order valence-electron chi connectivity index (χ4n) is 5.49. The van der Waals surface area contributed by atoms with Crippen molar-refractivity contribution in [2.45, 2.75) is 76.5 Å². The van der Waals surface area contributed by atoms with E-state index in [1.165, 1.54) is 19.3 Å². The molecule has 2 aromatic rings. The molecule has 2 atom stereocenters. The van der Waals surface area contributed by atoms with E-state index in [-0.39, 0.29) is 23.7 Å². The summed E-state index contributed by atoms with van der Waals surface area (Å²) in [6.45, 7) is 3.62. The molecule has 2 fully saturated rings. The summed E-state index contributed by atoms with van der Waals surface area (Å²) in [6, 6.07) is 12.8. The van der Waals surface area contributed by atoms with Crippen molar-refractivity contribution in [1.82, 2.24) is 10.6 Å². The average Bonchev–Trinajstić information content (AvgIpc) is 3.39. The molecule has 2 aliphatic rings. The number of aliphatic hydroxyl groups is 1. The second-order valence-corrected chi connectivity index (χ2v) is 10.3. The van der Waals surface area contributed by atoms with Crippen LogP contribution in [0.2, 0.25) is 0 Å². The van der Waals surface area contributed by atoms with E-state index in [0.717, 1.165) is 24.8 Å². The van der Waals surface area contributed by atoms with Crippen LogP contribution >= 0.6 is 0 Å². The van der Waals surface area contributed by atoms with E-state index < -0.39 is 18.1 Å². The highest BCUT2D eigenvalue weighted by Gasteiger charge is 2.29. The van der Waals surface area contributed by atoms with Crippen molar-refractivity contribution >= 4 is 29.7 Å². The van der Waals surface area contributed by atoms with Crippen LogP contribution in [0.3, 0.4) is 0 Å². The van der Waals surface area contributed by atoms with Gasteiger partial charge in [0.25, 0.3) is 12.4 Å². The summed E-state index contributed by atoms with van der Waals surface area (Å²) in [6.07, 6.45) is 6.55. The van der Waals surface area contributed by atoms with Crippen LogP contribution in [0.15, 0.2) is 42.5 Å². The first-order valence-corrected chi connectivity index (χ1v) is 14.1. The lowest BCUT2D eigenvalue weighted by Crippen LogP contribution is -2.50. The van der Waals surface area contributed by atoms with Gasteiger partial charge in [-0.1, -0.05) is 49.6 Å². The first-order valence-electron chi connectivity index (χ1n) is 14.1. The number of aliphatic hydroxyl groups excluding tert-OH is 1. The highest BCUT2D eigenvalue weighted by atomic mass is 16.5. The molecule has 4 rings (SSSR count). The minimum absolute atomic E-state index is 0.0148. The molecule has 0 bridgehead atoms. The van der Waals surface area contributed by atoms with Gasteiger partial charge in [0.2, 0.25) is 5.91 Å². The molecule has 1 heterocycles. The fraction of sp³-hybridized carbons (Fsp3) is 0.500. The Labute approximate surface area is 230 Å². The van der Waals surface area contributed by atoms with E-state index >= 15 is 0 Å². The Morgan fingerprint density at radius 2 is 1.92 bits per heavy atom. The molecule has 2 aromatic carbocycles. The number of ether oxygens (including phenoxy) is 1. The van der Waals surface area contributed by atoms with Gasteiger partial charge in [-0.15, -0.1) is 0 Å². The SMILES string of the molecule is CCNc1cc(N2CCCC2=O)cc(C(=O)N[C@@H](Cc2ccccc2)[C@H](O)CNC2CCCCC2)c1OC=O. The molecule has 9 heteroatoms. The first-order chi connectivity index (χ1) is 19.0. The number of nitrogens with zero attached hydrogens (tertiary/aromatic N) is 1. The van der Waals surface area contributed by atoms with E-state index in [2.05, 4.69) is 16.0 Å². The van der Waals surface area contributed by atoms with Gasteiger partial charge in [-0.25, -0.2) is 0 Å². The summed E-state index contributed by atoms with van der Waals surface area (Å²) >= 11 is 0. The van der Waals surface area contributed by atoms with Crippen LogP contribution in [0.25, 0.3) is 0 Å². The molecule has 1 saturated heterocycles. The quantitative estimate of drug-likeness (QED) is 0.290. The molecule has 0 aromatic heterocycles. The third-order valence-corrected chi connectivity index (χ3v) is 7.54. The Bertz CT molecular complexity index is 1120. The highest BCUT2D eigenvalue weighted by Crippen LogP contribution is 2.36. The molecule has 9 nitrogen and oxygen atoms in total. The summed E-state index contributed by atoms with van der Waals surface area (Å²) < 4.78 is 5.29. The standard InChI is InChI=1S/C30H40N4O5/c1-2-31-26-18-23(34-15-9-14-28(34)37)17-24(29(26)39-20-35)30(38)33-25(16-21-10-5-3-6-11-21)27(36)19-32-22-12-7-4-8-13-22/h3,5-6,10-11,17-18,20,22,25,27,31-32,36H,2,4,7-9,12-16,19H2,1H3,(H,33,38)/t25-,27+/m0/s1. The Kier molecular flexibility index (Phi) is 10.3. The number of rotatable bonds is 13. The van der Waals surface area contributed by atoms with Gasteiger partial charge < -0.3 is 30.7 Å². The summed E-state index contributed by atoms with van der Waals surface area (Å²) in [5.41, 5.74) is 2.12. The van der Waals surface area contributed by atoms with Crippen LogP contribution in [0.1, 0.15) is 67.8 Å². The molecule has 1 aliphatic heterocycles. The van der Waals surface area contributed by atoms with Crippen molar-refractivity contribution < 1.29 is 24.2 Å². The van der Waals surface area contributed by atoms with E-state index in [1.54, 1.807) is 17.0 Å². The van der Waals surface area contributed by atoms with Crippen molar-refractivity contribution in [3.05, 3.63) is 53.6 Å². The summed E-state index contributed by atoms with van der Waals surface area (Å²) in [7, 11) is 0. The monoisotopic (exact) mass is 536 g/mol. The predicted molar refractivity (Wildman–Crippen MR) is 151 cm³/mol. The molecular weight excluding hydrogens is 496 g/mol. The van der Waals surface area contributed by atoms with Gasteiger partial charge in [0.05, 0.1) is 23.4 Å². The van der Waals surface area contributed by atoms with Crippen molar-refractivity contribution in [1.29, 1.82) is 0 Å². The summed E-state index contributed by atoms with van der Waals surface area (Å²) in [4.78, 5) is 39.3. The number of hydrogen-bond acceptors (Lipinski definition) is 7. The largest absolute Gasteiger partial charge is 0.426 e. The second-order valence-electron chi connectivity index (χ2n) is 10.3. The number of carbonyl (C=O) groups excluding carboxylic acids is 3. The van der Waals surface area contributed by atoms with Gasteiger partial charge in [0.1, 0.15) is 0 Å². The molecule has 0 radical (unpaired) electrons. The number of hydrogen-bond donors (Lipinski definition) is 4. The number of amides is 2. The number of carbonyl (C=O) groups is 3. The van der Waals surface area contributed by atoms with Gasteiger partial charge in [0.15, 0.2) is 5.75 Å². The summed E-state index contributed by atoms with van der Waals surface area (Å²) in [5.74, 6) is -0.413. The van der Waals surface area contributed by atoms with Crippen LogP contribution in [-0.2, 0) is 16.0 Å². The minimum Gasteiger partial charge on any atom is -0.426 e. The van der Waals surface area contributed by atoms with Crippen molar-refractivity contribution in [3.8, 4) is 5.75 Å². The van der Waals surface area contributed by atoms with Crippen LogP contribution in [0, 0.1) is 0 Å². The lowest BCUT2D eigenvalue weighted by Gasteiger charge is -2.29. The highest BCUT2D eigenvalue weighted by molar-refractivity contribution is 6.03. The minimum atomic E-state index is -0.844. The molecule has 2 amide bonds. The molecule has 1 saturated carbocycles. The Morgan fingerprint density at radius 1 is 1.15 bits per heavy atom. The molecular formula is C30H40N4O5. The van der Waals surface area contributed by atoms with Gasteiger partial charge in [-0.3, -0.25) is 14.4 Å². The molecule has 1 aliphatic carbocycles. The number of nitrogens with one attached hydrogen (secondary N) is 3. The maximum Gasteiger partial charge on any atom is 0.298 e. The molecule has 0 spiro atoms. The number of anilines is 2. The van der Waals surface area contributed by atoms with Crippen LogP contribution < -0.4 is 25.6 Å². The average molecular weight is 537 g/mol. The Hall–Kier alpha value is -3.43. The topological polar surface area (TPSA) is 120 Å². The van der Waals surface area contributed by atoms with Crippen molar-refractivity contribution in [2.75, 3.05) is 29.9 Å². The van der Waals surface area contributed by atoms with Crippen LogP contribution in [0.4, 0.5) is 11.4 Å².